The lowest BCUT2D eigenvalue weighted by molar-refractivity contribution is 0.0593. The molecule has 1 aromatic carbocycles. The van der Waals surface area contributed by atoms with Crippen molar-refractivity contribution in [3.63, 3.8) is 0 Å². The number of hydrogen-bond donors (Lipinski definition) is 0. The Hall–Kier alpha value is -0.610. The highest BCUT2D eigenvalue weighted by Crippen LogP contribution is 2.27. The summed E-state index contributed by atoms with van der Waals surface area (Å²) in [6.07, 6.45) is 3.09. The van der Waals surface area contributed by atoms with Gasteiger partial charge in [-0.05, 0) is 47.3 Å². The predicted octanol–water partition coefficient (Wildman–Crippen LogP) is 3.82. The molecule has 1 amide bonds. The molecular weight excluding hydrogens is 321 g/mol. The number of benzene rings is 1. The average Bonchev–Trinajstić information content (AvgIpc) is 2.29. The molecule has 1 aliphatic rings. The Morgan fingerprint density at radius 1 is 1.50 bits per heavy atom. The fourth-order valence-corrected chi connectivity index (χ4v) is 2.61. The van der Waals surface area contributed by atoms with Crippen LogP contribution >= 0.6 is 27.5 Å². The molecule has 0 bridgehead atoms. The van der Waals surface area contributed by atoms with Crippen LogP contribution in [0.4, 0.5) is 4.39 Å². The highest BCUT2D eigenvalue weighted by Gasteiger charge is 2.30. The number of alkyl halides is 1. The largest absolute Gasteiger partial charge is 0.334 e. The number of hydrogen-bond acceptors (Lipinski definition) is 1. The molecule has 98 valence electrons. The van der Waals surface area contributed by atoms with Crippen LogP contribution in [-0.4, -0.2) is 29.3 Å². The number of carbonyl (C=O) groups excluding carboxylic acids is 1. The fraction of sp³-hybridized carbons (Fsp3) is 0.462. The molecule has 0 saturated heterocycles. The first-order valence-electron chi connectivity index (χ1n) is 5.96. The summed E-state index contributed by atoms with van der Waals surface area (Å²) in [5.74, 6) is -0.391. The zero-order valence-corrected chi connectivity index (χ0v) is 12.2. The molecule has 0 aliphatic heterocycles. The Kier molecular flexibility index (Phi) is 4.62. The summed E-state index contributed by atoms with van der Waals surface area (Å²) in [6.45, 7) is 0.469. The highest BCUT2D eigenvalue weighted by molar-refractivity contribution is 9.10. The molecule has 2 nitrogen and oxygen atoms in total. The summed E-state index contributed by atoms with van der Waals surface area (Å²) in [4.78, 5) is 14.0. The molecule has 18 heavy (non-hydrogen) atoms. The maximum Gasteiger partial charge on any atom is 0.257 e. The molecule has 0 N–H and O–H groups in total. The zero-order chi connectivity index (χ0) is 13.1. The van der Waals surface area contributed by atoms with E-state index in [1.165, 1.54) is 6.07 Å². The minimum atomic E-state index is -0.499. The lowest BCUT2D eigenvalue weighted by Gasteiger charge is -2.37. The normalized spacial score (nSPS) is 15.3. The van der Waals surface area contributed by atoms with Gasteiger partial charge in [-0.3, -0.25) is 4.79 Å². The van der Waals surface area contributed by atoms with Crippen LogP contribution < -0.4 is 0 Å². The van der Waals surface area contributed by atoms with Crippen LogP contribution in [0.2, 0.25) is 0 Å². The van der Waals surface area contributed by atoms with E-state index in [-0.39, 0.29) is 17.5 Å². The van der Waals surface area contributed by atoms with Gasteiger partial charge in [0, 0.05) is 18.5 Å². The smallest absolute Gasteiger partial charge is 0.257 e. The van der Waals surface area contributed by atoms with Crippen LogP contribution in [0.3, 0.4) is 0 Å². The summed E-state index contributed by atoms with van der Waals surface area (Å²) < 4.78 is 14.2. The Morgan fingerprint density at radius 2 is 2.22 bits per heavy atom. The summed E-state index contributed by atoms with van der Waals surface area (Å²) in [6, 6.07) is 4.98. The fourth-order valence-electron chi connectivity index (χ4n) is 2.06. The van der Waals surface area contributed by atoms with Gasteiger partial charge in [0.1, 0.15) is 5.82 Å². The first-order valence-corrected chi connectivity index (χ1v) is 7.29. The van der Waals surface area contributed by atoms with E-state index in [4.69, 9.17) is 11.6 Å². The third-order valence-corrected chi connectivity index (χ3v) is 4.07. The minimum absolute atomic E-state index is 0.112. The van der Waals surface area contributed by atoms with E-state index >= 15 is 0 Å². The van der Waals surface area contributed by atoms with E-state index in [1.54, 1.807) is 17.0 Å². The molecule has 2 rings (SSSR count). The molecule has 1 aromatic rings. The second kappa shape index (κ2) is 6.02. The van der Waals surface area contributed by atoms with Crippen molar-refractivity contribution in [2.75, 3.05) is 12.4 Å². The van der Waals surface area contributed by atoms with Crippen molar-refractivity contribution in [1.29, 1.82) is 0 Å². The summed E-state index contributed by atoms with van der Waals surface area (Å²) in [5, 5.41) is 0. The van der Waals surface area contributed by atoms with E-state index in [0.29, 0.717) is 16.9 Å². The van der Waals surface area contributed by atoms with E-state index in [9.17, 15) is 9.18 Å². The van der Waals surface area contributed by atoms with Crippen molar-refractivity contribution in [3.05, 3.63) is 34.1 Å². The first kappa shape index (κ1) is 13.8. The van der Waals surface area contributed by atoms with Gasteiger partial charge in [-0.25, -0.2) is 4.39 Å². The molecule has 1 fully saturated rings. The van der Waals surface area contributed by atoms with Crippen LogP contribution in [0.1, 0.15) is 29.6 Å². The quantitative estimate of drug-likeness (QED) is 0.767. The van der Waals surface area contributed by atoms with E-state index in [1.807, 2.05) is 0 Å². The lowest BCUT2D eigenvalue weighted by Crippen LogP contribution is -2.45. The molecule has 1 saturated carbocycles. The Bertz CT molecular complexity index is 451. The number of carbonyl (C=O) groups is 1. The third-order valence-electron chi connectivity index (χ3n) is 3.28. The Morgan fingerprint density at radius 3 is 2.78 bits per heavy atom. The van der Waals surface area contributed by atoms with Gasteiger partial charge in [0.2, 0.25) is 0 Å². The van der Waals surface area contributed by atoms with Crippen LogP contribution in [0.15, 0.2) is 22.7 Å². The van der Waals surface area contributed by atoms with E-state index in [0.717, 1.165) is 19.3 Å². The van der Waals surface area contributed by atoms with Gasteiger partial charge in [0.25, 0.3) is 5.91 Å². The lowest BCUT2D eigenvalue weighted by atomic mass is 9.91. The third kappa shape index (κ3) is 2.69. The van der Waals surface area contributed by atoms with Gasteiger partial charge in [-0.15, -0.1) is 11.6 Å². The number of amides is 1. The van der Waals surface area contributed by atoms with Crippen molar-refractivity contribution >= 4 is 33.4 Å². The van der Waals surface area contributed by atoms with Crippen molar-refractivity contribution < 1.29 is 9.18 Å². The van der Waals surface area contributed by atoms with Crippen LogP contribution in [0.5, 0.6) is 0 Å². The highest BCUT2D eigenvalue weighted by atomic mass is 79.9. The Labute approximate surface area is 119 Å². The SMILES string of the molecule is O=C(c1cccc(Br)c1F)N(CCCl)C1CCC1. The van der Waals surface area contributed by atoms with E-state index in [2.05, 4.69) is 15.9 Å². The van der Waals surface area contributed by atoms with Gasteiger partial charge < -0.3 is 4.90 Å². The second-order valence-electron chi connectivity index (χ2n) is 4.37. The topological polar surface area (TPSA) is 20.3 Å². The Balaban J connectivity index is 2.24. The van der Waals surface area contributed by atoms with Crippen molar-refractivity contribution in [2.45, 2.75) is 25.3 Å². The standard InChI is InChI=1S/C13H14BrClFNO/c14-11-6-2-5-10(12(11)16)13(18)17(8-7-15)9-3-1-4-9/h2,5-6,9H,1,3-4,7-8H2. The van der Waals surface area contributed by atoms with Crippen LogP contribution in [-0.2, 0) is 0 Å². The second-order valence-corrected chi connectivity index (χ2v) is 5.61. The van der Waals surface area contributed by atoms with Gasteiger partial charge in [-0.1, -0.05) is 6.07 Å². The predicted molar refractivity (Wildman–Crippen MR) is 73.5 cm³/mol. The van der Waals surface area contributed by atoms with Crippen molar-refractivity contribution in [1.82, 2.24) is 4.90 Å². The molecular formula is C13H14BrClFNO. The van der Waals surface area contributed by atoms with Gasteiger partial charge in [-0.2, -0.15) is 0 Å². The van der Waals surface area contributed by atoms with E-state index < -0.39 is 5.82 Å². The molecule has 0 heterocycles. The van der Waals surface area contributed by atoms with Gasteiger partial charge in [0.05, 0.1) is 10.0 Å². The number of rotatable bonds is 4. The molecule has 0 atom stereocenters. The van der Waals surface area contributed by atoms with Crippen LogP contribution in [0.25, 0.3) is 0 Å². The molecule has 0 aromatic heterocycles. The zero-order valence-electron chi connectivity index (χ0n) is 9.83. The maximum atomic E-state index is 13.9. The molecule has 5 heteroatoms. The number of nitrogens with zero attached hydrogens (tertiary/aromatic N) is 1. The van der Waals surface area contributed by atoms with Gasteiger partial charge in [0.15, 0.2) is 0 Å². The molecule has 0 radical (unpaired) electrons. The van der Waals surface area contributed by atoms with Crippen molar-refractivity contribution in [2.24, 2.45) is 0 Å². The maximum absolute atomic E-state index is 13.9. The monoisotopic (exact) mass is 333 g/mol. The molecule has 0 spiro atoms. The van der Waals surface area contributed by atoms with Crippen molar-refractivity contribution in [3.8, 4) is 0 Å². The average molecular weight is 335 g/mol. The first-order chi connectivity index (χ1) is 8.65. The summed E-state index contributed by atoms with van der Waals surface area (Å²) >= 11 is 8.83. The summed E-state index contributed by atoms with van der Waals surface area (Å²) in [5.41, 5.74) is 0.112. The van der Waals surface area contributed by atoms with Crippen LogP contribution in [0, 0.1) is 5.82 Å². The summed E-state index contributed by atoms with van der Waals surface area (Å²) in [7, 11) is 0. The molecule has 1 aliphatic carbocycles. The van der Waals surface area contributed by atoms with Gasteiger partial charge >= 0.3 is 0 Å². The minimum Gasteiger partial charge on any atom is -0.334 e. The molecule has 0 unspecified atom stereocenters. The number of halogens is 3.